The summed E-state index contributed by atoms with van der Waals surface area (Å²) in [7, 11) is 1.57. The number of fused-ring (bicyclic) bond motifs is 6. The van der Waals surface area contributed by atoms with Crippen LogP contribution in [0.25, 0.3) is 11.1 Å². The lowest BCUT2D eigenvalue weighted by Crippen LogP contribution is -2.60. The van der Waals surface area contributed by atoms with Crippen LogP contribution in [0.3, 0.4) is 0 Å². The number of carbonyl (C=O) groups excluding carboxylic acids is 2. The molecule has 0 aromatic heterocycles. The first-order chi connectivity index (χ1) is 16.8. The van der Waals surface area contributed by atoms with Crippen LogP contribution >= 0.6 is 0 Å². The number of carboxylic acids is 1. The number of nitrogens with one attached hydrogen (secondary N) is 1. The summed E-state index contributed by atoms with van der Waals surface area (Å²) in [5.74, 6) is -1.09. The Morgan fingerprint density at radius 1 is 0.971 bits per heavy atom. The van der Waals surface area contributed by atoms with Crippen molar-refractivity contribution in [1.82, 2.24) is 10.2 Å². The maximum absolute atomic E-state index is 13.1. The number of aliphatic carboxylic acids is 1. The highest BCUT2D eigenvalue weighted by Gasteiger charge is 2.54. The van der Waals surface area contributed by atoms with Crippen LogP contribution in [0.15, 0.2) is 48.5 Å². The van der Waals surface area contributed by atoms with E-state index in [-0.39, 0.29) is 24.0 Å². The Kier molecular flexibility index (Phi) is 5.82. The first-order valence-corrected chi connectivity index (χ1v) is 12.4. The summed E-state index contributed by atoms with van der Waals surface area (Å²) < 4.78 is 5.76. The fourth-order valence-corrected chi connectivity index (χ4v) is 6.26. The molecule has 2 bridgehead atoms. The van der Waals surface area contributed by atoms with Gasteiger partial charge in [-0.25, -0.2) is 9.59 Å². The molecule has 0 heterocycles. The van der Waals surface area contributed by atoms with Crippen molar-refractivity contribution in [3.05, 3.63) is 59.7 Å². The molecule has 0 aliphatic heterocycles. The van der Waals surface area contributed by atoms with Crippen molar-refractivity contribution in [2.45, 2.75) is 62.9 Å². The summed E-state index contributed by atoms with van der Waals surface area (Å²) in [5.41, 5.74) is 3.86. The Hall–Kier alpha value is -3.35. The van der Waals surface area contributed by atoms with Gasteiger partial charge in [0.1, 0.15) is 12.6 Å². The molecule has 4 aliphatic rings. The van der Waals surface area contributed by atoms with E-state index >= 15 is 0 Å². The van der Waals surface area contributed by atoms with Crippen LogP contribution in [0, 0.1) is 5.41 Å². The molecule has 184 valence electrons. The Morgan fingerprint density at radius 3 is 2.00 bits per heavy atom. The highest BCUT2D eigenvalue weighted by atomic mass is 16.5. The number of amides is 2. The van der Waals surface area contributed by atoms with Gasteiger partial charge in [-0.15, -0.1) is 0 Å². The fourth-order valence-electron chi connectivity index (χ4n) is 6.26. The van der Waals surface area contributed by atoms with Gasteiger partial charge >= 0.3 is 12.1 Å². The molecule has 6 rings (SSSR count). The summed E-state index contributed by atoms with van der Waals surface area (Å²) in [4.78, 5) is 38.7. The predicted octanol–water partition coefficient (Wildman–Crippen LogP) is 4.55. The minimum atomic E-state index is -1.00. The number of carboxylic acid groups (broad SMARTS) is 1. The molecule has 2 N–H and O–H groups in total. The van der Waals surface area contributed by atoms with Crippen molar-refractivity contribution in [3.8, 4) is 11.1 Å². The maximum Gasteiger partial charge on any atom is 0.407 e. The number of nitrogens with zero attached hydrogens (tertiary/aromatic N) is 1. The Bertz CT molecular complexity index is 1110. The van der Waals surface area contributed by atoms with E-state index in [4.69, 9.17) is 4.74 Å². The topological polar surface area (TPSA) is 95.9 Å². The largest absolute Gasteiger partial charge is 0.480 e. The van der Waals surface area contributed by atoms with Gasteiger partial charge in [-0.3, -0.25) is 4.79 Å². The third kappa shape index (κ3) is 3.97. The van der Waals surface area contributed by atoms with Gasteiger partial charge in [0.2, 0.25) is 5.91 Å². The lowest BCUT2D eigenvalue weighted by Gasteiger charge is -2.53. The number of alkyl carbamates (subject to hydrolysis) is 1. The van der Waals surface area contributed by atoms with Crippen LogP contribution in [0.2, 0.25) is 0 Å². The molecule has 3 saturated carbocycles. The summed E-state index contributed by atoms with van der Waals surface area (Å²) in [6, 6.07) is 15.7. The van der Waals surface area contributed by atoms with Crippen molar-refractivity contribution in [2.75, 3.05) is 13.7 Å². The van der Waals surface area contributed by atoms with E-state index in [2.05, 4.69) is 29.6 Å². The highest BCUT2D eigenvalue weighted by Crippen LogP contribution is 2.53. The normalized spacial score (nSPS) is 25.3. The fraction of sp³-hybridized carbons (Fsp3) is 0.464. The Morgan fingerprint density at radius 2 is 1.49 bits per heavy atom. The van der Waals surface area contributed by atoms with Crippen LogP contribution in [-0.2, 0) is 14.3 Å². The summed E-state index contributed by atoms with van der Waals surface area (Å²) in [6.45, 7) is 1.81. The van der Waals surface area contributed by atoms with Crippen LogP contribution in [0.1, 0.15) is 62.5 Å². The molecule has 2 aromatic rings. The predicted molar refractivity (Wildman–Crippen MR) is 131 cm³/mol. The smallest absolute Gasteiger partial charge is 0.407 e. The van der Waals surface area contributed by atoms with Gasteiger partial charge in [-0.1, -0.05) is 48.5 Å². The average Bonchev–Trinajstić information content (AvgIpc) is 3.20. The Labute approximate surface area is 205 Å². The molecule has 0 radical (unpaired) electrons. The lowest BCUT2D eigenvalue weighted by molar-refractivity contribution is -0.157. The lowest BCUT2D eigenvalue weighted by atomic mass is 9.56. The molecule has 1 unspecified atom stereocenters. The zero-order chi connectivity index (χ0) is 24.8. The first kappa shape index (κ1) is 23.4. The van der Waals surface area contributed by atoms with Gasteiger partial charge in [0.15, 0.2) is 0 Å². The zero-order valence-corrected chi connectivity index (χ0v) is 20.3. The third-order valence-electron chi connectivity index (χ3n) is 8.67. The number of hydrogen-bond acceptors (Lipinski definition) is 4. The number of likely N-dealkylation sites (N-methyl/N-ethyl adjacent to an activating group) is 1. The van der Waals surface area contributed by atoms with Gasteiger partial charge in [-0.05, 0) is 67.7 Å². The Balaban J connectivity index is 1.21. The number of benzene rings is 2. The molecule has 7 nitrogen and oxygen atoms in total. The summed E-state index contributed by atoms with van der Waals surface area (Å²) >= 11 is 0. The maximum atomic E-state index is 13.1. The second-order valence-electron chi connectivity index (χ2n) is 10.4. The average molecular weight is 477 g/mol. The van der Waals surface area contributed by atoms with E-state index in [1.54, 1.807) is 7.05 Å². The molecule has 2 amide bonds. The van der Waals surface area contributed by atoms with Crippen molar-refractivity contribution in [1.29, 1.82) is 0 Å². The molecule has 0 saturated heterocycles. The number of carbonyl (C=O) groups is 3. The van der Waals surface area contributed by atoms with Gasteiger partial charge in [0.05, 0.1) is 0 Å². The second kappa shape index (κ2) is 8.70. The van der Waals surface area contributed by atoms with Gasteiger partial charge in [0, 0.05) is 23.9 Å². The van der Waals surface area contributed by atoms with E-state index in [1.165, 1.54) is 34.1 Å². The molecule has 4 aliphatic carbocycles. The molecule has 35 heavy (non-hydrogen) atoms. The summed E-state index contributed by atoms with van der Waals surface area (Å²) in [6.07, 6.45) is 3.60. The molecular formula is C28H32N2O5. The van der Waals surface area contributed by atoms with Crippen LogP contribution in [-0.4, -0.2) is 53.2 Å². The van der Waals surface area contributed by atoms with Crippen molar-refractivity contribution < 1.29 is 24.2 Å². The highest BCUT2D eigenvalue weighted by molar-refractivity contribution is 5.87. The van der Waals surface area contributed by atoms with Crippen LogP contribution in [0.4, 0.5) is 4.79 Å². The first-order valence-electron chi connectivity index (χ1n) is 12.4. The quantitative estimate of drug-likeness (QED) is 0.638. The van der Waals surface area contributed by atoms with E-state index in [1.807, 2.05) is 24.3 Å². The minimum Gasteiger partial charge on any atom is -0.480 e. The van der Waals surface area contributed by atoms with Crippen LogP contribution in [0.5, 0.6) is 0 Å². The van der Waals surface area contributed by atoms with Gasteiger partial charge < -0.3 is 20.1 Å². The van der Waals surface area contributed by atoms with Crippen LogP contribution < -0.4 is 5.32 Å². The standard InChI is InChI=1S/C28H32N2O5/c1-18(24(31)32)30(2)25(33)27-11-14-28(15-12-27,16-13-27)29-26(34)35-17-23-21-9-5-3-7-19(21)20-8-4-6-10-22(20)23/h3-10,18,23H,11-17H2,1-2H3,(H,29,34)(H,31,32). The number of hydrogen-bond donors (Lipinski definition) is 2. The number of ether oxygens (including phenoxy) is 1. The zero-order valence-electron chi connectivity index (χ0n) is 20.3. The van der Waals surface area contributed by atoms with E-state index < -0.39 is 23.5 Å². The van der Waals surface area contributed by atoms with Gasteiger partial charge in [0.25, 0.3) is 0 Å². The molecule has 3 fully saturated rings. The van der Waals surface area contributed by atoms with E-state index in [0.29, 0.717) is 38.5 Å². The molecular weight excluding hydrogens is 444 g/mol. The molecule has 1 atom stereocenters. The SMILES string of the molecule is CC(C(=O)O)N(C)C(=O)C12CCC(NC(=O)OCC3c4ccccc4-c4ccccc43)(CC1)CC2. The number of rotatable bonds is 6. The van der Waals surface area contributed by atoms with Crippen molar-refractivity contribution in [3.63, 3.8) is 0 Å². The molecule has 2 aromatic carbocycles. The third-order valence-corrected chi connectivity index (χ3v) is 8.67. The van der Waals surface area contributed by atoms with Crippen molar-refractivity contribution >= 4 is 18.0 Å². The minimum absolute atomic E-state index is 0.0143. The van der Waals surface area contributed by atoms with Gasteiger partial charge in [-0.2, -0.15) is 0 Å². The monoisotopic (exact) mass is 476 g/mol. The second-order valence-corrected chi connectivity index (χ2v) is 10.4. The summed E-state index contributed by atoms with van der Waals surface area (Å²) in [5, 5.41) is 12.4. The van der Waals surface area contributed by atoms with E-state index in [0.717, 1.165) is 0 Å². The van der Waals surface area contributed by atoms with Crippen molar-refractivity contribution in [2.24, 2.45) is 5.41 Å². The molecule has 7 heteroatoms. The van der Waals surface area contributed by atoms with E-state index in [9.17, 15) is 19.5 Å². The molecule has 0 spiro atoms.